The molecule has 0 saturated carbocycles. The zero-order chi connectivity index (χ0) is 13.8. The molecule has 4 heteroatoms. The Morgan fingerprint density at radius 1 is 1.00 bits per heavy atom. The SMILES string of the molecule is Clc1cccc2cn[nH]c12.c1ccc2c(c1)CCNC2. The Bertz CT molecular complexity index is 681. The molecular weight excluding hydrogens is 270 g/mol. The molecule has 1 aliphatic rings. The fraction of sp³-hybridized carbons (Fsp3) is 0.188. The van der Waals surface area contributed by atoms with Gasteiger partial charge in [-0.15, -0.1) is 0 Å². The van der Waals surface area contributed by atoms with Crippen molar-refractivity contribution < 1.29 is 0 Å². The van der Waals surface area contributed by atoms with E-state index >= 15 is 0 Å². The van der Waals surface area contributed by atoms with Gasteiger partial charge in [0.1, 0.15) is 0 Å². The molecule has 0 bridgehead atoms. The second-order valence-corrected chi connectivity index (χ2v) is 5.18. The van der Waals surface area contributed by atoms with E-state index in [4.69, 9.17) is 11.6 Å². The molecule has 0 radical (unpaired) electrons. The summed E-state index contributed by atoms with van der Waals surface area (Å²) >= 11 is 5.83. The van der Waals surface area contributed by atoms with E-state index in [9.17, 15) is 0 Å². The van der Waals surface area contributed by atoms with Gasteiger partial charge in [0.15, 0.2) is 0 Å². The first kappa shape index (κ1) is 13.2. The van der Waals surface area contributed by atoms with Gasteiger partial charge in [0.2, 0.25) is 0 Å². The number of hydrogen-bond donors (Lipinski definition) is 2. The topological polar surface area (TPSA) is 40.7 Å². The first-order valence-corrected chi connectivity index (χ1v) is 7.07. The molecule has 2 aromatic carbocycles. The van der Waals surface area contributed by atoms with Gasteiger partial charge in [-0.25, -0.2) is 0 Å². The van der Waals surface area contributed by atoms with Crippen molar-refractivity contribution in [1.82, 2.24) is 15.5 Å². The molecule has 0 saturated heterocycles. The number of fused-ring (bicyclic) bond motifs is 2. The van der Waals surface area contributed by atoms with E-state index in [-0.39, 0.29) is 0 Å². The fourth-order valence-corrected chi connectivity index (χ4v) is 2.58. The highest BCUT2D eigenvalue weighted by Gasteiger charge is 2.05. The highest BCUT2D eigenvalue weighted by Crippen LogP contribution is 2.19. The third-order valence-electron chi connectivity index (χ3n) is 3.43. The molecule has 3 aromatic rings. The summed E-state index contributed by atoms with van der Waals surface area (Å²) in [6, 6.07) is 14.3. The number of para-hydroxylation sites is 1. The van der Waals surface area contributed by atoms with Crippen LogP contribution in [-0.2, 0) is 13.0 Å². The zero-order valence-corrected chi connectivity index (χ0v) is 11.8. The lowest BCUT2D eigenvalue weighted by molar-refractivity contribution is 0.644. The zero-order valence-electron chi connectivity index (χ0n) is 11.1. The second-order valence-electron chi connectivity index (χ2n) is 4.77. The number of nitrogens with one attached hydrogen (secondary N) is 2. The van der Waals surface area contributed by atoms with Gasteiger partial charge >= 0.3 is 0 Å². The molecular formula is C16H16ClN3. The minimum atomic E-state index is 0.718. The van der Waals surface area contributed by atoms with Crippen LogP contribution in [0.2, 0.25) is 5.02 Å². The van der Waals surface area contributed by atoms with Gasteiger partial charge in [0, 0.05) is 11.9 Å². The van der Waals surface area contributed by atoms with Gasteiger partial charge in [0.25, 0.3) is 0 Å². The summed E-state index contributed by atoms with van der Waals surface area (Å²) in [5, 5.41) is 11.8. The monoisotopic (exact) mass is 285 g/mol. The molecule has 0 aliphatic carbocycles. The van der Waals surface area contributed by atoms with E-state index in [1.54, 1.807) is 6.20 Å². The molecule has 102 valence electrons. The van der Waals surface area contributed by atoms with Gasteiger partial charge in [-0.3, -0.25) is 5.10 Å². The van der Waals surface area contributed by atoms with E-state index in [1.165, 1.54) is 17.5 Å². The van der Waals surface area contributed by atoms with Crippen LogP contribution in [0, 0.1) is 0 Å². The molecule has 4 rings (SSSR count). The standard InChI is InChI=1S/C9H11N.C7H5ClN2/c1-2-4-9-7-10-6-5-8(9)3-1;8-6-3-1-2-5-4-9-10-7(5)6/h1-4,10H,5-7H2;1-4H,(H,9,10). The van der Waals surface area contributed by atoms with Crippen LogP contribution in [0.3, 0.4) is 0 Å². The summed E-state index contributed by atoms with van der Waals surface area (Å²) in [6.07, 6.45) is 2.94. The van der Waals surface area contributed by atoms with Gasteiger partial charge in [0.05, 0.1) is 16.7 Å². The van der Waals surface area contributed by atoms with Crippen LogP contribution in [0.1, 0.15) is 11.1 Å². The maximum Gasteiger partial charge on any atom is 0.0836 e. The van der Waals surface area contributed by atoms with Gasteiger partial charge in [-0.2, -0.15) is 5.10 Å². The van der Waals surface area contributed by atoms with Crippen LogP contribution in [0.15, 0.2) is 48.7 Å². The van der Waals surface area contributed by atoms with E-state index in [2.05, 4.69) is 39.8 Å². The van der Waals surface area contributed by atoms with Crippen molar-refractivity contribution in [2.75, 3.05) is 6.54 Å². The van der Waals surface area contributed by atoms with Crippen LogP contribution in [0.4, 0.5) is 0 Å². The molecule has 0 fully saturated rings. The third kappa shape index (κ3) is 2.84. The highest BCUT2D eigenvalue weighted by atomic mass is 35.5. The van der Waals surface area contributed by atoms with Gasteiger partial charge < -0.3 is 5.32 Å². The van der Waals surface area contributed by atoms with Crippen LogP contribution in [0.5, 0.6) is 0 Å². The Kier molecular flexibility index (Phi) is 4.00. The molecule has 0 atom stereocenters. The lowest BCUT2D eigenvalue weighted by Gasteiger charge is -2.15. The number of halogens is 1. The Labute approximate surface area is 123 Å². The number of benzene rings is 2. The molecule has 1 aromatic heterocycles. The quantitative estimate of drug-likeness (QED) is 0.663. The average molecular weight is 286 g/mol. The van der Waals surface area contributed by atoms with E-state index in [1.807, 2.05) is 18.2 Å². The van der Waals surface area contributed by atoms with Crippen LogP contribution >= 0.6 is 11.6 Å². The molecule has 2 heterocycles. The van der Waals surface area contributed by atoms with E-state index in [0.29, 0.717) is 0 Å². The first-order chi connectivity index (χ1) is 9.84. The molecule has 2 N–H and O–H groups in total. The van der Waals surface area contributed by atoms with Gasteiger partial charge in [-0.1, -0.05) is 48.0 Å². The van der Waals surface area contributed by atoms with Crippen molar-refractivity contribution in [3.8, 4) is 0 Å². The minimum Gasteiger partial charge on any atom is -0.312 e. The summed E-state index contributed by atoms with van der Waals surface area (Å²) in [5.74, 6) is 0. The molecule has 0 unspecified atom stereocenters. The number of nitrogens with zero attached hydrogens (tertiary/aromatic N) is 1. The summed E-state index contributed by atoms with van der Waals surface area (Å²) in [6.45, 7) is 2.19. The third-order valence-corrected chi connectivity index (χ3v) is 3.75. The Morgan fingerprint density at radius 2 is 1.85 bits per heavy atom. The van der Waals surface area contributed by atoms with Crippen LogP contribution < -0.4 is 5.32 Å². The number of aromatic amines is 1. The van der Waals surface area contributed by atoms with Crippen molar-refractivity contribution in [2.45, 2.75) is 13.0 Å². The summed E-state index contributed by atoms with van der Waals surface area (Å²) in [4.78, 5) is 0. The smallest absolute Gasteiger partial charge is 0.0836 e. The van der Waals surface area contributed by atoms with Crippen molar-refractivity contribution in [1.29, 1.82) is 0 Å². The number of aromatic nitrogens is 2. The molecule has 3 nitrogen and oxygen atoms in total. The normalized spacial score (nSPS) is 13.4. The number of hydrogen-bond acceptors (Lipinski definition) is 2. The lowest BCUT2D eigenvalue weighted by Crippen LogP contribution is -2.23. The number of rotatable bonds is 0. The fourth-order valence-electron chi connectivity index (χ4n) is 2.35. The molecule has 20 heavy (non-hydrogen) atoms. The Balaban J connectivity index is 0.000000121. The maximum atomic E-state index is 5.83. The largest absolute Gasteiger partial charge is 0.312 e. The highest BCUT2D eigenvalue weighted by molar-refractivity contribution is 6.34. The van der Waals surface area contributed by atoms with Crippen LogP contribution in [-0.4, -0.2) is 16.7 Å². The predicted molar refractivity (Wildman–Crippen MR) is 83.0 cm³/mol. The maximum absolute atomic E-state index is 5.83. The molecule has 0 spiro atoms. The predicted octanol–water partition coefficient (Wildman–Crippen LogP) is 3.55. The molecule has 1 aliphatic heterocycles. The van der Waals surface area contributed by atoms with E-state index in [0.717, 1.165) is 29.0 Å². The van der Waals surface area contributed by atoms with Crippen molar-refractivity contribution in [2.24, 2.45) is 0 Å². The average Bonchev–Trinajstić information content (AvgIpc) is 2.98. The second kappa shape index (κ2) is 6.07. The van der Waals surface area contributed by atoms with Gasteiger partial charge in [-0.05, 0) is 30.2 Å². The summed E-state index contributed by atoms with van der Waals surface area (Å²) in [5.41, 5.74) is 3.89. The van der Waals surface area contributed by atoms with Crippen LogP contribution in [0.25, 0.3) is 10.9 Å². The minimum absolute atomic E-state index is 0.718. The number of H-pyrrole nitrogens is 1. The van der Waals surface area contributed by atoms with E-state index < -0.39 is 0 Å². The first-order valence-electron chi connectivity index (χ1n) is 6.70. The van der Waals surface area contributed by atoms with Crippen molar-refractivity contribution in [3.63, 3.8) is 0 Å². The Morgan fingerprint density at radius 3 is 2.65 bits per heavy atom. The Hall–Kier alpha value is -1.84. The lowest BCUT2D eigenvalue weighted by atomic mass is 10.0. The molecule has 0 amide bonds. The van der Waals surface area contributed by atoms with Crippen molar-refractivity contribution in [3.05, 3.63) is 64.8 Å². The summed E-state index contributed by atoms with van der Waals surface area (Å²) in [7, 11) is 0. The van der Waals surface area contributed by atoms with Crippen molar-refractivity contribution >= 4 is 22.5 Å². The summed E-state index contributed by atoms with van der Waals surface area (Å²) < 4.78 is 0.